The Balaban J connectivity index is 3.19. The van der Waals surface area contributed by atoms with Gasteiger partial charge in [0.05, 0.1) is 6.61 Å². The first kappa shape index (κ1) is 15.4. The highest BCUT2D eigenvalue weighted by atomic mass is 32.2. The minimum absolute atomic E-state index is 0.304. The van der Waals surface area contributed by atoms with Crippen molar-refractivity contribution in [1.29, 1.82) is 0 Å². The number of carbonyl (C=O) groups excluding carboxylic acids is 1. The van der Waals surface area contributed by atoms with E-state index in [2.05, 4.69) is 6.58 Å². The molecule has 0 saturated heterocycles. The summed E-state index contributed by atoms with van der Waals surface area (Å²) >= 11 is 0. The molecule has 94 valence electrons. The Labute approximate surface area is 101 Å². The van der Waals surface area contributed by atoms with Gasteiger partial charge < -0.3 is 4.74 Å². The van der Waals surface area contributed by atoms with E-state index < -0.39 is 10.8 Å². The largest absolute Gasteiger partial charge is 0.462 e. The smallest absolute Gasteiger partial charge is 0.333 e. The van der Waals surface area contributed by atoms with Crippen LogP contribution in [0.1, 0.15) is 39.0 Å². The average molecular weight is 246 g/mol. The van der Waals surface area contributed by atoms with Gasteiger partial charge in [-0.3, -0.25) is 4.21 Å². The van der Waals surface area contributed by atoms with E-state index in [0.717, 1.165) is 37.9 Å². The fourth-order valence-electron chi connectivity index (χ4n) is 1.23. The first-order valence-electron chi connectivity index (χ1n) is 5.66. The Hall–Kier alpha value is -0.640. The van der Waals surface area contributed by atoms with Crippen LogP contribution < -0.4 is 0 Å². The van der Waals surface area contributed by atoms with Crippen LogP contribution in [-0.4, -0.2) is 28.8 Å². The van der Waals surface area contributed by atoms with Gasteiger partial charge in [0.25, 0.3) is 0 Å². The molecule has 0 radical (unpaired) electrons. The van der Waals surface area contributed by atoms with Crippen LogP contribution in [-0.2, 0) is 20.3 Å². The molecular formula is C12H22O3S. The van der Waals surface area contributed by atoms with Crippen molar-refractivity contribution in [2.45, 2.75) is 39.0 Å². The van der Waals surface area contributed by atoms with Crippen molar-refractivity contribution in [2.24, 2.45) is 0 Å². The van der Waals surface area contributed by atoms with Crippen molar-refractivity contribution >= 4 is 16.8 Å². The standard InChI is InChI=1S/C12H22O3S/c1-11(2)12(13)15-9-7-5-4-6-8-10-16(3)14/h1,4-10H2,2-3H3. The molecule has 3 nitrogen and oxygen atoms in total. The first-order valence-corrected chi connectivity index (χ1v) is 7.39. The summed E-state index contributed by atoms with van der Waals surface area (Å²) in [4.78, 5) is 11.0. The molecule has 0 aliphatic rings. The zero-order valence-electron chi connectivity index (χ0n) is 10.3. The summed E-state index contributed by atoms with van der Waals surface area (Å²) in [5, 5.41) is 0. The van der Waals surface area contributed by atoms with Crippen LogP contribution in [0.5, 0.6) is 0 Å². The lowest BCUT2D eigenvalue weighted by Crippen LogP contribution is -2.06. The maximum absolute atomic E-state index is 11.0. The summed E-state index contributed by atoms with van der Waals surface area (Å²) in [5.74, 6) is 0.492. The number of hydrogen-bond acceptors (Lipinski definition) is 3. The van der Waals surface area contributed by atoms with Gasteiger partial charge in [-0.2, -0.15) is 0 Å². The van der Waals surface area contributed by atoms with Crippen molar-refractivity contribution in [1.82, 2.24) is 0 Å². The van der Waals surface area contributed by atoms with Crippen molar-refractivity contribution in [3.63, 3.8) is 0 Å². The van der Waals surface area contributed by atoms with E-state index in [1.807, 2.05) is 0 Å². The maximum atomic E-state index is 11.0. The summed E-state index contributed by atoms with van der Waals surface area (Å²) in [6, 6.07) is 0. The molecule has 0 rings (SSSR count). The van der Waals surface area contributed by atoms with E-state index in [0.29, 0.717) is 12.2 Å². The molecule has 4 heteroatoms. The highest BCUT2D eigenvalue weighted by molar-refractivity contribution is 7.84. The number of unbranched alkanes of at least 4 members (excludes halogenated alkanes) is 4. The molecular weight excluding hydrogens is 224 g/mol. The van der Waals surface area contributed by atoms with Crippen LogP contribution in [0.15, 0.2) is 12.2 Å². The van der Waals surface area contributed by atoms with Crippen LogP contribution in [0.25, 0.3) is 0 Å². The molecule has 0 aromatic rings. The topological polar surface area (TPSA) is 43.4 Å². The third-order valence-electron chi connectivity index (χ3n) is 2.16. The Morgan fingerprint density at radius 1 is 1.19 bits per heavy atom. The summed E-state index contributed by atoms with van der Waals surface area (Å²) in [5.41, 5.74) is 0.449. The van der Waals surface area contributed by atoms with Crippen molar-refractivity contribution in [2.75, 3.05) is 18.6 Å². The van der Waals surface area contributed by atoms with Crippen molar-refractivity contribution in [3.05, 3.63) is 12.2 Å². The van der Waals surface area contributed by atoms with Gasteiger partial charge >= 0.3 is 5.97 Å². The third kappa shape index (κ3) is 9.90. The van der Waals surface area contributed by atoms with Gasteiger partial charge in [0, 0.05) is 28.4 Å². The van der Waals surface area contributed by atoms with E-state index in [4.69, 9.17) is 4.74 Å². The van der Waals surface area contributed by atoms with Gasteiger partial charge in [-0.25, -0.2) is 4.79 Å². The predicted octanol–water partition coefficient (Wildman–Crippen LogP) is 2.43. The molecule has 0 heterocycles. The zero-order valence-corrected chi connectivity index (χ0v) is 11.1. The predicted molar refractivity (Wildman–Crippen MR) is 67.8 cm³/mol. The molecule has 0 spiro atoms. The summed E-state index contributed by atoms with van der Waals surface area (Å²) < 4.78 is 15.7. The fraction of sp³-hybridized carbons (Fsp3) is 0.750. The normalized spacial score (nSPS) is 12.1. The van der Waals surface area contributed by atoms with Crippen LogP contribution >= 0.6 is 0 Å². The van der Waals surface area contributed by atoms with Gasteiger partial charge in [-0.15, -0.1) is 0 Å². The highest BCUT2D eigenvalue weighted by Gasteiger charge is 2.01. The Morgan fingerprint density at radius 2 is 1.75 bits per heavy atom. The molecule has 16 heavy (non-hydrogen) atoms. The lowest BCUT2D eigenvalue weighted by Gasteiger charge is -2.04. The summed E-state index contributed by atoms with van der Waals surface area (Å²) in [6.45, 7) is 5.63. The lowest BCUT2D eigenvalue weighted by atomic mass is 10.2. The molecule has 1 atom stereocenters. The van der Waals surface area contributed by atoms with Crippen LogP contribution in [0, 0.1) is 0 Å². The number of rotatable bonds is 9. The van der Waals surface area contributed by atoms with E-state index in [-0.39, 0.29) is 5.97 Å². The molecule has 0 aliphatic carbocycles. The van der Waals surface area contributed by atoms with E-state index >= 15 is 0 Å². The number of esters is 1. The number of ether oxygens (including phenoxy) is 1. The van der Waals surface area contributed by atoms with Crippen LogP contribution in [0.4, 0.5) is 0 Å². The van der Waals surface area contributed by atoms with Gasteiger partial charge in [-0.05, 0) is 19.8 Å². The highest BCUT2D eigenvalue weighted by Crippen LogP contribution is 2.04. The Kier molecular flexibility index (Phi) is 9.19. The van der Waals surface area contributed by atoms with Crippen molar-refractivity contribution in [3.8, 4) is 0 Å². The molecule has 0 amide bonds. The first-order chi connectivity index (χ1) is 7.54. The minimum atomic E-state index is -0.665. The molecule has 1 unspecified atom stereocenters. The quantitative estimate of drug-likeness (QED) is 0.356. The van der Waals surface area contributed by atoms with Crippen LogP contribution in [0.2, 0.25) is 0 Å². The Bertz CT molecular complexity index is 249. The minimum Gasteiger partial charge on any atom is -0.462 e. The SMILES string of the molecule is C=C(C)C(=O)OCCCCCCCS(C)=O. The second-order valence-corrected chi connectivity index (χ2v) is 5.52. The summed E-state index contributed by atoms with van der Waals surface area (Å²) in [7, 11) is -0.665. The molecule has 0 N–H and O–H groups in total. The second-order valence-electron chi connectivity index (χ2n) is 3.96. The average Bonchev–Trinajstić information content (AvgIpc) is 2.21. The van der Waals surface area contributed by atoms with Crippen LogP contribution in [0.3, 0.4) is 0 Å². The van der Waals surface area contributed by atoms with Gasteiger partial charge in [0.15, 0.2) is 0 Å². The van der Waals surface area contributed by atoms with Gasteiger partial charge in [0.2, 0.25) is 0 Å². The maximum Gasteiger partial charge on any atom is 0.333 e. The third-order valence-corrected chi connectivity index (χ3v) is 3.02. The second kappa shape index (κ2) is 9.58. The fourth-order valence-corrected chi connectivity index (χ4v) is 1.84. The molecule has 0 aliphatic heterocycles. The monoisotopic (exact) mass is 246 g/mol. The van der Waals surface area contributed by atoms with Gasteiger partial charge in [-0.1, -0.05) is 25.8 Å². The molecule has 0 saturated carbocycles. The Morgan fingerprint density at radius 3 is 2.31 bits per heavy atom. The van der Waals surface area contributed by atoms with E-state index in [1.54, 1.807) is 13.2 Å². The molecule has 0 aromatic heterocycles. The van der Waals surface area contributed by atoms with Crippen molar-refractivity contribution < 1.29 is 13.7 Å². The number of hydrogen-bond donors (Lipinski definition) is 0. The molecule has 0 aromatic carbocycles. The zero-order chi connectivity index (χ0) is 12.4. The van der Waals surface area contributed by atoms with E-state index in [1.165, 1.54) is 0 Å². The van der Waals surface area contributed by atoms with Gasteiger partial charge in [0.1, 0.15) is 0 Å². The molecule has 0 fully saturated rings. The molecule has 0 bridgehead atoms. The lowest BCUT2D eigenvalue weighted by molar-refractivity contribution is -0.139. The number of carbonyl (C=O) groups is 1. The summed E-state index contributed by atoms with van der Waals surface area (Å²) in [6.07, 6.45) is 6.93. The van der Waals surface area contributed by atoms with E-state index in [9.17, 15) is 9.00 Å².